The molecule has 3 aromatic rings. The highest BCUT2D eigenvalue weighted by molar-refractivity contribution is 8.00. The standard InChI is InChI=1S/C23H26N4O2S/c1-17-8-10-20(11-9-17)21-24-25-23(29-21)30-18(2)22(28)27-14-12-26(13-15-27)16-19-6-4-3-5-7-19/h3-11,18H,12-16H2,1-2H3. The molecule has 7 heteroatoms. The van der Waals surface area contributed by atoms with Crippen LogP contribution in [0, 0.1) is 6.92 Å². The molecule has 0 saturated carbocycles. The van der Waals surface area contributed by atoms with Crippen molar-refractivity contribution < 1.29 is 9.21 Å². The van der Waals surface area contributed by atoms with Gasteiger partial charge in [0.2, 0.25) is 11.8 Å². The van der Waals surface area contributed by atoms with Crippen molar-refractivity contribution in [2.75, 3.05) is 26.2 Å². The van der Waals surface area contributed by atoms with Crippen LogP contribution in [-0.4, -0.2) is 57.3 Å². The molecule has 1 unspecified atom stereocenters. The van der Waals surface area contributed by atoms with E-state index in [1.807, 2.05) is 49.1 Å². The van der Waals surface area contributed by atoms with Crippen LogP contribution in [0.15, 0.2) is 64.2 Å². The van der Waals surface area contributed by atoms with Crippen LogP contribution in [0.2, 0.25) is 0 Å². The molecule has 1 fully saturated rings. The number of aryl methyl sites for hydroxylation is 1. The second-order valence-electron chi connectivity index (χ2n) is 7.59. The van der Waals surface area contributed by atoms with Gasteiger partial charge in [-0.05, 0) is 31.5 Å². The van der Waals surface area contributed by atoms with Crippen LogP contribution >= 0.6 is 11.8 Å². The van der Waals surface area contributed by atoms with Gasteiger partial charge in [-0.2, -0.15) is 0 Å². The Morgan fingerprint density at radius 2 is 1.73 bits per heavy atom. The van der Waals surface area contributed by atoms with Crippen molar-refractivity contribution in [2.24, 2.45) is 0 Å². The molecule has 0 N–H and O–H groups in total. The second kappa shape index (κ2) is 9.45. The summed E-state index contributed by atoms with van der Waals surface area (Å²) in [5, 5.41) is 8.39. The van der Waals surface area contributed by atoms with E-state index in [1.165, 1.54) is 22.9 Å². The zero-order valence-electron chi connectivity index (χ0n) is 17.3. The Hall–Kier alpha value is -2.64. The quantitative estimate of drug-likeness (QED) is 0.562. The summed E-state index contributed by atoms with van der Waals surface area (Å²) in [5.41, 5.74) is 3.37. The Kier molecular flexibility index (Phi) is 6.50. The summed E-state index contributed by atoms with van der Waals surface area (Å²) in [6.45, 7) is 8.13. The van der Waals surface area contributed by atoms with Gasteiger partial charge in [0, 0.05) is 38.3 Å². The Morgan fingerprint density at radius 3 is 2.43 bits per heavy atom. The summed E-state index contributed by atoms with van der Waals surface area (Å²) in [6, 6.07) is 18.4. The largest absolute Gasteiger partial charge is 0.411 e. The third-order valence-corrected chi connectivity index (χ3v) is 6.19. The molecule has 2 aromatic carbocycles. The highest BCUT2D eigenvalue weighted by Gasteiger charge is 2.27. The van der Waals surface area contributed by atoms with E-state index >= 15 is 0 Å². The zero-order valence-corrected chi connectivity index (χ0v) is 18.1. The molecular formula is C23H26N4O2S. The lowest BCUT2D eigenvalue weighted by atomic mass is 10.1. The molecule has 0 spiro atoms. The first-order chi connectivity index (χ1) is 14.6. The Morgan fingerprint density at radius 1 is 1.03 bits per heavy atom. The van der Waals surface area contributed by atoms with Crippen LogP contribution in [0.25, 0.3) is 11.5 Å². The molecule has 0 radical (unpaired) electrons. The molecular weight excluding hydrogens is 396 g/mol. The summed E-state index contributed by atoms with van der Waals surface area (Å²) in [6.07, 6.45) is 0. The van der Waals surface area contributed by atoms with Crippen LogP contribution < -0.4 is 0 Å². The number of thioether (sulfide) groups is 1. The van der Waals surface area contributed by atoms with Crippen molar-refractivity contribution in [3.63, 3.8) is 0 Å². The lowest BCUT2D eigenvalue weighted by Crippen LogP contribution is -2.50. The van der Waals surface area contributed by atoms with Gasteiger partial charge in [-0.1, -0.05) is 59.8 Å². The molecule has 1 aliphatic heterocycles. The Balaban J connectivity index is 1.29. The van der Waals surface area contributed by atoms with E-state index in [2.05, 4.69) is 39.4 Å². The van der Waals surface area contributed by atoms with Gasteiger partial charge >= 0.3 is 0 Å². The number of piperazine rings is 1. The maximum Gasteiger partial charge on any atom is 0.277 e. The first-order valence-corrected chi connectivity index (χ1v) is 11.1. The molecule has 0 aliphatic carbocycles. The van der Waals surface area contributed by atoms with Gasteiger partial charge in [0.25, 0.3) is 5.22 Å². The van der Waals surface area contributed by atoms with E-state index in [-0.39, 0.29) is 11.2 Å². The Bertz CT molecular complexity index is 966. The highest BCUT2D eigenvalue weighted by atomic mass is 32.2. The average molecular weight is 423 g/mol. The predicted octanol–water partition coefficient (Wildman–Crippen LogP) is 3.87. The number of nitrogens with zero attached hydrogens (tertiary/aromatic N) is 4. The molecule has 1 aromatic heterocycles. The van der Waals surface area contributed by atoms with Crippen molar-refractivity contribution in [2.45, 2.75) is 30.9 Å². The predicted molar refractivity (Wildman–Crippen MR) is 118 cm³/mol. The second-order valence-corrected chi connectivity index (χ2v) is 8.88. The minimum atomic E-state index is -0.267. The lowest BCUT2D eigenvalue weighted by molar-refractivity contribution is -0.132. The highest BCUT2D eigenvalue weighted by Crippen LogP contribution is 2.27. The summed E-state index contributed by atoms with van der Waals surface area (Å²) in [7, 11) is 0. The van der Waals surface area contributed by atoms with Gasteiger partial charge in [-0.15, -0.1) is 10.2 Å². The molecule has 0 bridgehead atoms. The number of benzene rings is 2. The van der Waals surface area contributed by atoms with E-state index in [9.17, 15) is 4.79 Å². The number of rotatable bonds is 6. The third-order valence-electron chi connectivity index (χ3n) is 5.26. The Labute approximate surface area is 181 Å². The molecule has 6 nitrogen and oxygen atoms in total. The number of carbonyl (C=O) groups is 1. The number of hydrogen-bond donors (Lipinski definition) is 0. The van der Waals surface area contributed by atoms with Crippen LogP contribution in [0.5, 0.6) is 0 Å². The van der Waals surface area contributed by atoms with Crippen LogP contribution in [-0.2, 0) is 11.3 Å². The maximum absolute atomic E-state index is 12.9. The number of carbonyl (C=O) groups excluding carboxylic acids is 1. The minimum Gasteiger partial charge on any atom is -0.411 e. The smallest absolute Gasteiger partial charge is 0.277 e. The summed E-state index contributed by atoms with van der Waals surface area (Å²) >= 11 is 1.32. The van der Waals surface area contributed by atoms with Crippen LogP contribution in [0.4, 0.5) is 0 Å². The first-order valence-electron chi connectivity index (χ1n) is 10.2. The van der Waals surface area contributed by atoms with E-state index < -0.39 is 0 Å². The van der Waals surface area contributed by atoms with Gasteiger partial charge < -0.3 is 9.32 Å². The van der Waals surface area contributed by atoms with Crippen molar-refractivity contribution in [3.8, 4) is 11.5 Å². The fourth-order valence-corrected chi connectivity index (χ4v) is 4.26. The van der Waals surface area contributed by atoms with Crippen molar-refractivity contribution in [3.05, 3.63) is 65.7 Å². The molecule has 4 rings (SSSR count). The summed E-state index contributed by atoms with van der Waals surface area (Å²) < 4.78 is 5.76. The van der Waals surface area contributed by atoms with Crippen molar-refractivity contribution >= 4 is 17.7 Å². The van der Waals surface area contributed by atoms with E-state index in [0.29, 0.717) is 11.1 Å². The SMILES string of the molecule is Cc1ccc(-c2nnc(SC(C)C(=O)N3CCN(Cc4ccccc4)CC3)o2)cc1. The maximum atomic E-state index is 12.9. The average Bonchev–Trinajstić information content (AvgIpc) is 3.23. The molecule has 2 heterocycles. The first kappa shape index (κ1) is 20.6. The monoisotopic (exact) mass is 422 g/mol. The van der Waals surface area contributed by atoms with E-state index in [0.717, 1.165) is 38.3 Å². The van der Waals surface area contributed by atoms with Crippen molar-refractivity contribution in [1.29, 1.82) is 0 Å². The molecule has 156 valence electrons. The number of amides is 1. The minimum absolute atomic E-state index is 0.120. The number of aromatic nitrogens is 2. The molecule has 30 heavy (non-hydrogen) atoms. The lowest BCUT2D eigenvalue weighted by Gasteiger charge is -2.35. The van der Waals surface area contributed by atoms with E-state index in [1.54, 1.807) is 0 Å². The summed E-state index contributed by atoms with van der Waals surface area (Å²) in [4.78, 5) is 17.2. The number of hydrogen-bond acceptors (Lipinski definition) is 6. The van der Waals surface area contributed by atoms with Crippen LogP contribution in [0.1, 0.15) is 18.1 Å². The van der Waals surface area contributed by atoms with Crippen molar-refractivity contribution in [1.82, 2.24) is 20.0 Å². The molecule has 1 atom stereocenters. The van der Waals surface area contributed by atoms with Gasteiger partial charge in [-0.25, -0.2) is 0 Å². The van der Waals surface area contributed by atoms with Gasteiger partial charge in [0.05, 0.1) is 5.25 Å². The molecule has 1 amide bonds. The third kappa shape index (κ3) is 5.09. The normalized spacial score (nSPS) is 15.9. The summed E-state index contributed by atoms with van der Waals surface area (Å²) in [5.74, 6) is 0.598. The van der Waals surface area contributed by atoms with Crippen LogP contribution in [0.3, 0.4) is 0 Å². The molecule has 1 aliphatic rings. The topological polar surface area (TPSA) is 62.5 Å². The molecule has 1 saturated heterocycles. The fraction of sp³-hybridized carbons (Fsp3) is 0.348. The van der Waals surface area contributed by atoms with E-state index in [4.69, 9.17) is 4.42 Å². The van der Waals surface area contributed by atoms with Gasteiger partial charge in [0.15, 0.2) is 0 Å². The van der Waals surface area contributed by atoms with Gasteiger partial charge in [0.1, 0.15) is 0 Å². The fourth-order valence-electron chi connectivity index (χ4n) is 3.50. The van der Waals surface area contributed by atoms with Gasteiger partial charge in [-0.3, -0.25) is 9.69 Å². The zero-order chi connectivity index (χ0) is 20.9.